The molecule has 0 aliphatic rings. The number of esters is 2. The fourth-order valence-corrected chi connectivity index (χ4v) is 2.08. The minimum Gasteiger partial charge on any atom is -0.418 e. The van der Waals surface area contributed by atoms with Crippen molar-refractivity contribution in [3.8, 4) is 11.5 Å². The number of carbonyl (C=O) groups excluding carboxylic acids is 2. The highest BCUT2D eigenvalue weighted by Gasteiger charge is 2.78. The van der Waals surface area contributed by atoms with E-state index in [0.717, 1.165) is 6.07 Å². The summed E-state index contributed by atoms with van der Waals surface area (Å²) in [5.41, 5.74) is -1.28. The first-order chi connectivity index (χ1) is 15.6. The van der Waals surface area contributed by atoms with Gasteiger partial charge in [0, 0.05) is 0 Å². The molecule has 18 heteroatoms. The average Bonchev–Trinajstić information content (AvgIpc) is 2.66. The number of ether oxygens (including phenoxy) is 2. The Labute approximate surface area is 191 Å². The van der Waals surface area contributed by atoms with Crippen LogP contribution in [0.1, 0.15) is 26.3 Å². The van der Waals surface area contributed by atoms with Crippen LogP contribution in [0.4, 0.5) is 61.5 Å². The summed E-state index contributed by atoms with van der Waals surface area (Å²) in [6.07, 6.45) is -14.0. The van der Waals surface area contributed by atoms with Gasteiger partial charge in [0.1, 0.15) is 0 Å². The van der Waals surface area contributed by atoms with E-state index < -0.39 is 64.9 Å². The standard InChI is InChI=1S/C18H12F14O4/c1-12(2,3)7-4-5-8(35-10(33)13(19,20)15(23,24)17(27,28)29)9(6-7)36-11(34)14(21,22)16(25,26)18(30,31)32/h4-6H,1-3H3. The quantitative estimate of drug-likeness (QED) is 0.229. The van der Waals surface area contributed by atoms with Crippen LogP contribution in [0.5, 0.6) is 11.5 Å². The Morgan fingerprint density at radius 1 is 0.583 bits per heavy atom. The van der Waals surface area contributed by atoms with Crippen molar-refractivity contribution in [3.63, 3.8) is 0 Å². The van der Waals surface area contributed by atoms with Gasteiger partial charge in [-0.2, -0.15) is 61.5 Å². The number of hydrogen-bond donors (Lipinski definition) is 0. The summed E-state index contributed by atoms with van der Waals surface area (Å²) in [5, 5.41) is 0. The van der Waals surface area contributed by atoms with E-state index in [4.69, 9.17) is 0 Å². The third kappa shape index (κ3) is 5.45. The van der Waals surface area contributed by atoms with Crippen molar-refractivity contribution >= 4 is 11.9 Å². The molecule has 0 aliphatic carbocycles. The maximum atomic E-state index is 13.6. The predicted molar refractivity (Wildman–Crippen MR) is 88.3 cm³/mol. The zero-order valence-electron chi connectivity index (χ0n) is 17.7. The predicted octanol–water partition coefficient (Wildman–Crippen LogP) is 6.46. The highest BCUT2D eigenvalue weighted by molar-refractivity contribution is 5.84. The van der Waals surface area contributed by atoms with Gasteiger partial charge in [0.25, 0.3) is 0 Å². The molecule has 0 atom stereocenters. The Morgan fingerprint density at radius 3 is 1.22 bits per heavy atom. The summed E-state index contributed by atoms with van der Waals surface area (Å²) in [7, 11) is 0. The van der Waals surface area contributed by atoms with Gasteiger partial charge in [-0.1, -0.05) is 26.8 Å². The Hall–Kier alpha value is -2.82. The Balaban J connectivity index is 3.55. The number of rotatable bonds is 6. The second-order valence-electron chi connectivity index (χ2n) is 7.98. The molecule has 0 heterocycles. The summed E-state index contributed by atoms with van der Waals surface area (Å²) in [6.45, 7) is 4.01. The third-order valence-electron chi connectivity index (χ3n) is 4.23. The lowest BCUT2D eigenvalue weighted by Gasteiger charge is -2.28. The Morgan fingerprint density at radius 2 is 0.917 bits per heavy atom. The van der Waals surface area contributed by atoms with E-state index >= 15 is 0 Å². The lowest BCUT2D eigenvalue weighted by Crippen LogP contribution is -2.57. The van der Waals surface area contributed by atoms with Crippen LogP contribution in [-0.2, 0) is 15.0 Å². The molecule has 36 heavy (non-hydrogen) atoms. The van der Waals surface area contributed by atoms with Gasteiger partial charge in [-0.3, -0.25) is 0 Å². The highest BCUT2D eigenvalue weighted by atomic mass is 19.4. The van der Waals surface area contributed by atoms with E-state index in [-0.39, 0.29) is 11.6 Å². The summed E-state index contributed by atoms with van der Waals surface area (Å²) in [4.78, 5) is 22.9. The van der Waals surface area contributed by atoms with Gasteiger partial charge >= 0.3 is 48.0 Å². The van der Waals surface area contributed by atoms with Crippen molar-refractivity contribution in [3.05, 3.63) is 23.8 Å². The first-order valence-electron chi connectivity index (χ1n) is 8.86. The van der Waals surface area contributed by atoms with E-state index in [1.54, 1.807) is 0 Å². The van der Waals surface area contributed by atoms with Crippen molar-refractivity contribution in [1.29, 1.82) is 0 Å². The molecular weight excluding hydrogens is 546 g/mol. The lowest BCUT2D eigenvalue weighted by atomic mass is 9.87. The molecule has 0 spiro atoms. The maximum Gasteiger partial charge on any atom is 0.460 e. The zero-order valence-corrected chi connectivity index (χ0v) is 17.7. The second kappa shape index (κ2) is 8.93. The minimum atomic E-state index is -7.04. The topological polar surface area (TPSA) is 52.6 Å². The summed E-state index contributed by atoms with van der Waals surface area (Å²) in [5.74, 6) is -38.3. The van der Waals surface area contributed by atoms with Crippen LogP contribution < -0.4 is 9.47 Å². The number of carbonyl (C=O) groups is 2. The molecule has 0 saturated carbocycles. The number of benzene rings is 1. The molecule has 0 amide bonds. The molecule has 0 radical (unpaired) electrons. The van der Waals surface area contributed by atoms with Crippen LogP contribution >= 0.6 is 0 Å². The first kappa shape index (κ1) is 31.2. The molecule has 206 valence electrons. The van der Waals surface area contributed by atoms with Crippen LogP contribution in [0.15, 0.2) is 18.2 Å². The fraction of sp³-hybridized carbons (Fsp3) is 0.556. The van der Waals surface area contributed by atoms with E-state index in [1.165, 1.54) is 20.8 Å². The molecule has 0 saturated heterocycles. The van der Waals surface area contributed by atoms with Crippen LogP contribution in [0.25, 0.3) is 0 Å². The lowest BCUT2D eigenvalue weighted by molar-refractivity contribution is -0.347. The molecule has 0 N–H and O–H groups in total. The Kier molecular flexibility index (Phi) is 7.74. The smallest absolute Gasteiger partial charge is 0.418 e. The van der Waals surface area contributed by atoms with Gasteiger partial charge in [-0.15, -0.1) is 0 Å². The van der Waals surface area contributed by atoms with Crippen molar-refractivity contribution in [2.45, 2.75) is 62.2 Å². The Bertz CT molecular complexity index is 1000. The first-order valence-corrected chi connectivity index (χ1v) is 8.86. The molecule has 0 bridgehead atoms. The van der Waals surface area contributed by atoms with Crippen molar-refractivity contribution < 1.29 is 80.5 Å². The monoisotopic (exact) mass is 558 g/mol. The molecule has 0 aliphatic heterocycles. The number of alkyl halides is 14. The largest absolute Gasteiger partial charge is 0.460 e. The van der Waals surface area contributed by atoms with Gasteiger partial charge in [-0.25, -0.2) is 9.59 Å². The second-order valence-corrected chi connectivity index (χ2v) is 7.98. The van der Waals surface area contributed by atoms with Gasteiger partial charge < -0.3 is 9.47 Å². The minimum absolute atomic E-state index is 0.177. The third-order valence-corrected chi connectivity index (χ3v) is 4.23. The number of hydrogen-bond acceptors (Lipinski definition) is 4. The van der Waals surface area contributed by atoms with Gasteiger partial charge in [0.2, 0.25) is 0 Å². The van der Waals surface area contributed by atoms with Gasteiger partial charge in [0.15, 0.2) is 11.5 Å². The van der Waals surface area contributed by atoms with Gasteiger partial charge in [0.05, 0.1) is 0 Å². The maximum absolute atomic E-state index is 13.6. The van der Waals surface area contributed by atoms with Crippen LogP contribution in [0.3, 0.4) is 0 Å². The average molecular weight is 558 g/mol. The zero-order chi connectivity index (χ0) is 28.9. The molecule has 1 aromatic rings. The fourth-order valence-electron chi connectivity index (χ4n) is 2.08. The molecule has 0 unspecified atom stereocenters. The molecule has 4 nitrogen and oxygen atoms in total. The molecule has 1 aromatic carbocycles. The summed E-state index contributed by atoms with van der Waals surface area (Å²) < 4.78 is 187. The highest BCUT2D eigenvalue weighted by Crippen LogP contribution is 2.49. The van der Waals surface area contributed by atoms with Gasteiger partial charge in [-0.05, 0) is 23.1 Å². The van der Waals surface area contributed by atoms with E-state index in [2.05, 4.69) is 9.47 Å². The van der Waals surface area contributed by atoms with Crippen molar-refractivity contribution in [1.82, 2.24) is 0 Å². The molecule has 1 rings (SSSR count). The molecular formula is C18H12F14O4. The van der Waals surface area contributed by atoms with Crippen LogP contribution in [-0.4, -0.2) is 48.0 Å². The van der Waals surface area contributed by atoms with E-state index in [1.807, 2.05) is 0 Å². The van der Waals surface area contributed by atoms with Crippen LogP contribution in [0, 0.1) is 0 Å². The van der Waals surface area contributed by atoms with E-state index in [0.29, 0.717) is 6.07 Å². The normalized spacial score (nSPS) is 14.5. The van der Waals surface area contributed by atoms with Crippen molar-refractivity contribution in [2.75, 3.05) is 0 Å². The summed E-state index contributed by atoms with van der Waals surface area (Å²) in [6, 6.07) is 1.33. The SMILES string of the molecule is CC(C)(C)c1ccc(OC(=O)C(F)(F)C(F)(F)C(F)(F)F)c(OC(=O)C(F)(F)C(F)(F)C(F)(F)F)c1. The molecule has 0 aromatic heterocycles. The van der Waals surface area contributed by atoms with Crippen molar-refractivity contribution in [2.24, 2.45) is 0 Å². The molecule has 0 fully saturated rings. The summed E-state index contributed by atoms with van der Waals surface area (Å²) >= 11 is 0. The van der Waals surface area contributed by atoms with Crippen LogP contribution in [0.2, 0.25) is 0 Å². The van der Waals surface area contributed by atoms with E-state index in [9.17, 15) is 71.1 Å². The number of halogens is 14.